The standard InChI is InChI=1S/C58H38N4/c1-4-15-39(16-5-1)41-27-29-43(30-28-41)52-38-55(60-58(59-52)44-19-8-3-9-20-44)62-54-26-13-11-24-49(54)51-36-35-50-48-23-10-12-25-53(48)61(56(50)57(51)62)47-33-31-42(32-34-47)46-22-14-21-45(37-46)40-17-6-2-7-18-40/h1-38H. The largest absolute Gasteiger partial charge is 0.307 e. The number of aromatic nitrogens is 4. The molecule has 0 aliphatic carbocycles. The summed E-state index contributed by atoms with van der Waals surface area (Å²) in [5.74, 6) is 1.49. The van der Waals surface area contributed by atoms with Gasteiger partial charge in [-0.3, -0.25) is 4.57 Å². The smallest absolute Gasteiger partial charge is 0.162 e. The van der Waals surface area contributed by atoms with Crippen molar-refractivity contribution < 1.29 is 0 Å². The highest BCUT2D eigenvalue weighted by molar-refractivity contribution is 6.23. The van der Waals surface area contributed by atoms with Crippen LogP contribution in [0, 0.1) is 0 Å². The van der Waals surface area contributed by atoms with Gasteiger partial charge in [0.05, 0.1) is 27.8 Å². The SMILES string of the molecule is c1ccc(-c2ccc(-c3cc(-n4c5ccccc5c5ccc6c7ccccc7n(-c7ccc(-c8cccc(-c9ccccc9)c8)cc7)c6c54)nc(-c4ccccc4)n3)cc2)cc1. The summed E-state index contributed by atoms with van der Waals surface area (Å²) in [6.07, 6.45) is 0. The fourth-order valence-electron chi connectivity index (χ4n) is 9.20. The van der Waals surface area contributed by atoms with Gasteiger partial charge in [-0.05, 0) is 63.7 Å². The van der Waals surface area contributed by atoms with Gasteiger partial charge in [0.25, 0.3) is 0 Å². The van der Waals surface area contributed by atoms with Crippen LogP contribution in [0.4, 0.5) is 0 Å². The molecule has 3 aromatic heterocycles. The van der Waals surface area contributed by atoms with E-state index in [1.165, 1.54) is 54.9 Å². The van der Waals surface area contributed by atoms with E-state index >= 15 is 0 Å². The highest BCUT2D eigenvalue weighted by Crippen LogP contribution is 2.42. The normalized spacial score (nSPS) is 11.5. The van der Waals surface area contributed by atoms with E-state index in [0.717, 1.165) is 50.4 Å². The molecule has 3 heterocycles. The Labute approximate surface area is 359 Å². The van der Waals surface area contributed by atoms with Crippen molar-refractivity contribution in [2.45, 2.75) is 0 Å². The molecule has 0 radical (unpaired) electrons. The van der Waals surface area contributed by atoms with Gasteiger partial charge in [0.1, 0.15) is 5.82 Å². The van der Waals surface area contributed by atoms with E-state index in [2.05, 4.69) is 221 Å². The van der Waals surface area contributed by atoms with Crippen molar-refractivity contribution in [2.75, 3.05) is 0 Å². The van der Waals surface area contributed by atoms with Crippen LogP contribution in [-0.4, -0.2) is 19.1 Å². The molecule has 0 spiro atoms. The minimum absolute atomic E-state index is 0.677. The summed E-state index contributed by atoms with van der Waals surface area (Å²) in [5.41, 5.74) is 15.5. The Bertz CT molecular complexity index is 3590. The predicted octanol–water partition coefficient (Wildman–Crippen LogP) is 15.0. The Morgan fingerprint density at radius 3 is 1.32 bits per heavy atom. The molecule has 4 heteroatoms. The second-order valence-corrected chi connectivity index (χ2v) is 15.8. The van der Waals surface area contributed by atoms with Crippen LogP contribution in [0.3, 0.4) is 0 Å². The molecule has 4 nitrogen and oxygen atoms in total. The van der Waals surface area contributed by atoms with Gasteiger partial charge in [-0.15, -0.1) is 0 Å². The first-order valence-corrected chi connectivity index (χ1v) is 21.1. The quantitative estimate of drug-likeness (QED) is 0.161. The van der Waals surface area contributed by atoms with Crippen molar-refractivity contribution in [1.82, 2.24) is 19.1 Å². The zero-order valence-corrected chi connectivity index (χ0v) is 33.7. The molecule has 0 saturated heterocycles. The molecule has 0 N–H and O–H groups in total. The number of hydrogen-bond donors (Lipinski definition) is 0. The first kappa shape index (κ1) is 35.6. The van der Waals surface area contributed by atoms with E-state index in [0.29, 0.717) is 5.82 Å². The fourth-order valence-corrected chi connectivity index (χ4v) is 9.20. The number of nitrogens with zero attached hydrogens (tertiary/aromatic N) is 4. The van der Waals surface area contributed by atoms with Crippen LogP contribution < -0.4 is 0 Å². The Hall–Kier alpha value is -8.34. The molecule has 0 fully saturated rings. The van der Waals surface area contributed by atoms with Gasteiger partial charge in [0.2, 0.25) is 0 Å². The van der Waals surface area contributed by atoms with Crippen molar-refractivity contribution in [3.63, 3.8) is 0 Å². The van der Waals surface area contributed by atoms with Crippen LogP contribution >= 0.6 is 0 Å². The Kier molecular flexibility index (Phi) is 8.46. The Balaban J connectivity index is 1.09. The monoisotopic (exact) mass is 790 g/mol. The number of rotatable bonds is 7. The van der Waals surface area contributed by atoms with Gasteiger partial charge in [-0.25, -0.2) is 9.97 Å². The molecule has 290 valence electrons. The predicted molar refractivity (Wildman–Crippen MR) is 258 cm³/mol. The van der Waals surface area contributed by atoms with E-state index < -0.39 is 0 Å². The molecule has 0 saturated carbocycles. The Morgan fingerprint density at radius 2 is 0.710 bits per heavy atom. The molecule has 12 rings (SSSR count). The summed E-state index contributed by atoms with van der Waals surface area (Å²) in [6.45, 7) is 0. The van der Waals surface area contributed by atoms with Crippen LogP contribution in [0.5, 0.6) is 0 Å². The van der Waals surface area contributed by atoms with Crippen molar-refractivity contribution in [2.24, 2.45) is 0 Å². The third-order valence-corrected chi connectivity index (χ3v) is 12.2. The highest BCUT2D eigenvalue weighted by atomic mass is 15.1. The van der Waals surface area contributed by atoms with Crippen LogP contribution in [0.1, 0.15) is 0 Å². The van der Waals surface area contributed by atoms with Crippen LogP contribution in [-0.2, 0) is 0 Å². The molecular weight excluding hydrogens is 753 g/mol. The molecular formula is C58H38N4. The van der Waals surface area contributed by atoms with Crippen LogP contribution in [0.15, 0.2) is 231 Å². The average Bonchev–Trinajstić information content (AvgIpc) is 3.88. The average molecular weight is 791 g/mol. The number of para-hydroxylation sites is 2. The van der Waals surface area contributed by atoms with Crippen molar-refractivity contribution in [3.8, 4) is 67.5 Å². The molecule has 0 amide bonds. The van der Waals surface area contributed by atoms with Gasteiger partial charge in [-0.1, -0.05) is 194 Å². The lowest BCUT2D eigenvalue weighted by Crippen LogP contribution is -2.04. The molecule has 0 atom stereocenters. The second kappa shape index (κ2) is 14.7. The summed E-state index contributed by atoms with van der Waals surface area (Å²) < 4.78 is 4.80. The summed E-state index contributed by atoms with van der Waals surface area (Å²) in [4.78, 5) is 10.7. The van der Waals surface area contributed by atoms with E-state index in [9.17, 15) is 0 Å². The minimum Gasteiger partial charge on any atom is -0.307 e. The number of benzene rings is 9. The minimum atomic E-state index is 0.677. The Morgan fingerprint density at radius 1 is 0.274 bits per heavy atom. The zero-order chi connectivity index (χ0) is 41.0. The van der Waals surface area contributed by atoms with Crippen LogP contribution in [0.25, 0.3) is 111 Å². The van der Waals surface area contributed by atoms with Crippen molar-refractivity contribution in [1.29, 1.82) is 0 Å². The van der Waals surface area contributed by atoms with Gasteiger partial charge in [-0.2, -0.15) is 0 Å². The molecule has 0 bridgehead atoms. The van der Waals surface area contributed by atoms with Gasteiger partial charge < -0.3 is 4.57 Å². The molecule has 0 aliphatic heterocycles. The topological polar surface area (TPSA) is 35.6 Å². The molecule has 62 heavy (non-hydrogen) atoms. The van der Waals surface area contributed by atoms with Gasteiger partial charge in [0.15, 0.2) is 5.82 Å². The number of fused-ring (bicyclic) bond motifs is 7. The lowest BCUT2D eigenvalue weighted by Gasteiger charge is -2.15. The van der Waals surface area contributed by atoms with Crippen molar-refractivity contribution >= 4 is 43.6 Å². The summed E-state index contributed by atoms with van der Waals surface area (Å²) in [6, 6.07) is 82.1. The van der Waals surface area contributed by atoms with Gasteiger partial charge in [0, 0.05) is 44.4 Å². The van der Waals surface area contributed by atoms with E-state index in [1.807, 2.05) is 18.2 Å². The zero-order valence-electron chi connectivity index (χ0n) is 33.7. The summed E-state index contributed by atoms with van der Waals surface area (Å²) in [7, 11) is 0. The second-order valence-electron chi connectivity index (χ2n) is 15.8. The first-order chi connectivity index (χ1) is 30.7. The third-order valence-electron chi connectivity index (χ3n) is 12.2. The lowest BCUT2D eigenvalue weighted by atomic mass is 9.99. The van der Waals surface area contributed by atoms with Gasteiger partial charge >= 0.3 is 0 Å². The maximum Gasteiger partial charge on any atom is 0.162 e. The lowest BCUT2D eigenvalue weighted by molar-refractivity contribution is 1.05. The maximum atomic E-state index is 5.42. The molecule has 0 aliphatic rings. The van der Waals surface area contributed by atoms with E-state index in [4.69, 9.17) is 9.97 Å². The molecule has 9 aromatic carbocycles. The first-order valence-electron chi connectivity index (χ1n) is 21.1. The van der Waals surface area contributed by atoms with Crippen LogP contribution in [0.2, 0.25) is 0 Å². The van der Waals surface area contributed by atoms with Crippen molar-refractivity contribution in [3.05, 3.63) is 231 Å². The summed E-state index contributed by atoms with van der Waals surface area (Å²) >= 11 is 0. The third kappa shape index (κ3) is 6.00. The molecule has 0 unspecified atom stereocenters. The number of hydrogen-bond acceptors (Lipinski definition) is 2. The highest BCUT2D eigenvalue weighted by Gasteiger charge is 2.23. The van der Waals surface area contributed by atoms with E-state index in [1.54, 1.807) is 0 Å². The maximum absolute atomic E-state index is 5.42. The fraction of sp³-hybridized carbons (Fsp3) is 0. The van der Waals surface area contributed by atoms with E-state index in [-0.39, 0.29) is 0 Å². The summed E-state index contributed by atoms with van der Waals surface area (Å²) in [5, 5.41) is 4.72. The molecule has 12 aromatic rings.